The van der Waals surface area contributed by atoms with E-state index >= 15 is 0 Å². The highest BCUT2D eigenvalue weighted by molar-refractivity contribution is 6.13. The van der Waals surface area contributed by atoms with Crippen molar-refractivity contribution in [2.24, 2.45) is 0 Å². The quantitative estimate of drug-likeness (QED) is 0.638. The number of rotatable bonds is 1. The van der Waals surface area contributed by atoms with Gasteiger partial charge in [0.15, 0.2) is 0 Å². The van der Waals surface area contributed by atoms with Crippen molar-refractivity contribution in [1.29, 1.82) is 0 Å². The minimum absolute atomic E-state index is 0.111. The molecule has 3 amide bonds. The molecule has 0 atom stereocenters. The number of carbonyl (C=O) groups is 3. The maximum Gasteiger partial charge on any atom is 0.423 e. The minimum Gasteiger partial charge on any atom is -0.445 e. The Kier molecular flexibility index (Phi) is 3.19. The van der Waals surface area contributed by atoms with Crippen LogP contribution in [0.15, 0.2) is 0 Å². The molecule has 2 aliphatic rings. The smallest absolute Gasteiger partial charge is 0.423 e. The molecule has 2 saturated heterocycles. The molecule has 2 fully saturated rings. The fourth-order valence-electron chi connectivity index (χ4n) is 1.89. The number of piperidine rings is 1. The van der Waals surface area contributed by atoms with Crippen LogP contribution in [-0.2, 0) is 14.3 Å². The van der Waals surface area contributed by atoms with E-state index in [0.717, 1.165) is 25.9 Å². The number of imide groups is 3. The van der Waals surface area contributed by atoms with Gasteiger partial charge in [-0.1, -0.05) is 0 Å². The van der Waals surface area contributed by atoms with E-state index in [1.165, 1.54) is 0 Å². The van der Waals surface area contributed by atoms with Crippen LogP contribution in [0.5, 0.6) is 0 Å². The summed E-state index contributed by atoms with van der Waals surface area (Å²) in [6.45, 7) is 1.58. The van der Waals surface area contributed by atoms with Gasteiger partial charge in [0, 0.05) is 12.8 Å². The molecule has 2 aliphatic heterocycles. The van der Waals surface area contributed by atoms with Crippen molar-refractivity contribution < 1.29 is 19.1 Å². The van der Waals surface area contributed by atoms with Gasteiger partial charge in [-0.15, -0.1) is 0 Å². The Balaban J connectivity index is 1.91. The molecule has 0 spiro atoms. The second kappa shape index (κ2) is 4.61. The van der Waals surface area contributed by atoms with Gasteiger partial charge in [0.2, 0.25) is 11.8 Å². The number of amides is 3. The Labute approximate surface area is 92.9 Å². The number of likely N-dealkylation sites (tertiary alicyclic amines) is 1. The van der Waals surface area contributed by atoms with E-state index in [9.17, 15) is 14.4 Å². The van der Waals surface area contributed by atoms with Crippen LogP contribution < -0.4 is 5.32 Å². The summed E-state index contributed by atoms with van der Waals surface area (Å²) in [5.74, 6) is -0.909. The van der Waals surface area contributed by atoms with E-state index in [4.69, 9.17) is 4.74 Å². The molecule has 88 valence electrons. The summed E-state index contributed by atoms with van der Waals surface area (Å²) < 4.78 is 5.12. The van der Waals surface area contributed by atoms with Crippen LogP contribution in [0.4, 0.5) is 4.79 Å². The molecule has 2 rings (SSSR count). The number of ether oxygens (including phenoxy) is 1. The maximum absolute atomic E-state index is 11.6. The highest BCUT2D eigenvalue weighted by Crippen LogP contribution is 2.16. The topological polar surface area (TPSA) is 75.7 Å². The monoisotopic (exact) mass is 226 g/mol. The number of hydrogen-bond donors (Lipinski definition) is 1. The standard InChI is InChI=1S/C10H14N2O4/c13-8-1-2-9(14)12(8)10(15)16-7-3-5-11-6-4-7/h7,11H,1-6H2. The zero-order valence-corrected chi connectivity index (χ0v) is 8.90. The summed E-state index contributed by atoms with van der Waals surface area (Å²) in [6, 6.07) is 0. The van der Waals surface area contributed by atoms with Gasteiger partial charge in [-0.25, -0.2) is 4.79 Å². The highest BCUT2D eigenvalue weighted by Gasteiger charge is 2.36. The van der Waals surface area contributed by atoms with Crippen LogP contribution in [0, 0.1) is 0 Å². The van der Waals surface area contributed by atoms with Gasteiger partial charge in [0.1, 0.15) is 6.10 Å². The molecule has 0 aromatic heterocycles. The number of nitrogens with zero attached hydrogens (tertiary/aromatic N) is 1. The number of carbonyl (C=O) groups excluding carboxylic acids is 3. The van der Waals surface area contributed by atoms with Crippen LogP contribution in [0.2, 0.25) is 0 Å². The summed E-state index contributed by atoms with van der Waals surface area (Å²) in [5, 5.41) is 3.14. The second-order valence-corrected chi connectivity index (χ2v) is 3.96. The first-order valence-electron chi connectivity index (χ1n) is 5.45. The SMILES string of the molecule is O=C1CCC(=O)N1C(=O)OC1CCNCC1. The van der Waals surface area contributed by atoms with Crippen LogP contribution >= 0.6 is 0 Å². The van der Waals surface area contributed by atoms with E-state index in [0.29, 0.717) is 4.90 Å². The fourth-order valence-corrected chi connectivity index (χ4v) is 1.89. The molecule has 0 aromatic carbocycles. The Morgan fingerprint density at radius 2 is 1.75 bits per heavy atom. The van der Waals surface area contributed by atoms with Crippen LogP contribution in [0.25, 0.3) is 0 Å². The third kappa shape index (κ3) is 2.21. The van der Waals surface area contributed by atoms with Crippen molar-refractivity contribution in [2.75, 3.05) is 13.1 Å². The molecule has 0 aromatic rings. The lowest BCUT2D eigenvalue weighted by molar-refractivity contribution is -0.136. The van der Waals surface area contributed by atoms with Crippen LogP contribution in [0.1, 0.15) is 25.7 Å². The summed E-state index contributed by atoms with van der Waals surface area (Å²) in [5.41, 5.74) is 0. The van der Waals surface area contributed by atoms with Gasteiger partial charge in [-0.05, 0) is 25.9 Å². The Morgan fingerprint density at radius 1 is 1.19 bits per heavy atom. The predicted molar refractivity (Wildman–Crippen MR) is 53.5 cm³/mol. The maximum atomic E-state index is 11.6. The first-order chi connectivity index (χ1) is 7.68. The molecular formula is C10H14N2O4. The summed E-state index contributed by atoms with van der Waals surface area (Å²) in [4.78, 5) is 34.7. The molecule has 0 saturated carbocycles. The van der Waals surface area contributed by atoms with E-state index in [1.54, 1.807) is 0 Å². The third-order valence-corrected chi connectivity index (χ3v) is 2.79. The third-order valence-electron chi connectivity index (χ3n) is 2.79. The highest BCUT2D eigenvalue weighted by atomic mass is 16.6. The lowest BCUT2D eigenvalue weighted by atomic mass is 10.1. The number of hydrogen-bond acceptors (Lipinski definition) is 5. The lowest BCUT2D eigenvalue weighted by Crippen LogP contribution is -2.41. The zero-order valence-electron chi connectivity index (χ0n) is 8.90. The molecule has 0 aliphatic carbocycles. The lowest BCUT2D eigenvalue weighted by Gasteiger charge is -2.24. The van der Waals surface area contributed by atoms with Crippen molar-refractivity contribution >= 4 is 17.9 Å². The normalized spacial score (nSPS) is 22.6. The first kappa shape index (κ1) is 11.1. The Morgan fingerprint density at radius 3 is 2.31 bits per heavy atom. The predicted octanol–water partition coefficient (Wildman–Crippen LogP) is 0.0240. The molecule has 0 radical (unpaired) electrons. The van der Waals surface area contributed by atoms with Gasteiger partial charge in [0.25, 0.3) is 0 Å². The van der Waals surface area contributed by atoms with Gasteiger partial charge in [0.05, 0.1) is 0 Å². The van der Waals surface area contributed by atoms with E-state index in [2.05, 4.69) is 5.32 Å². The molecular weight excluding hydrogens is 212 g/mol. The second-order valence-electron chi connectivity index (χ2n) is 3.96. The first-order valence-corrected chi connectivity index (χ1v) is 5.45. The van der Waals surface area contributed by atoms with Crippen LogP contribution in [-0.4, -0.2) is 42.0 Å². The summed E-state index contributed by atoms with van der Waals surface area (Å²) in [6.07, 6.45) is 0.680. The van der Waals surface area contributed by atoms with Crippen molar-refractivity contribution in [3.63, 3.8) is 0 Å². The van der Waals surface area contributed by atoms with E-state index in [-0.39, 0.29) is 18.9 Å². The fraction of sp³-hybridized carbons (Fsp3) is 0.700. The minimum atomic E-state index is -0.806. The van der Waals surface area contributed by atoms with Crippen molar-refractivity contribution in [2.45, 2.75) is 31.8 Å². The molecule has 0 unspecified atom stereocenters. The van der Waals surface area contributed by atoms with E-state index < -0.39 is 17.9 Å². The average molecular weight is 226 g/mol. The van der Waals surface area contributed by atoms with Gasteiger partial charge in [-0.3, -0.25) is 9.59 Å². The molecule has 2 heterocycles. The molecule has 6 heteroatoms. The largest absolute Gasteiger partial charge is 0.445 e. The molecule has 1 N–H and O–H groups in total. The van der Waals surface area contributed by atoms with Gasteiger partial charge < -0.3 is 10.1 Å². The van der Waals surface area contributed by atoms with Gasteiger partial charge >= 0.3 is 6.09 Å². The Hall–Kier alpha value is -1.43. The molecule has 0 bridgehead atoms. The van der Waals surface area contributed by atoms with Crippen molar-refractivity contribution in [3.8, 4) is 0 Å². The average Bonchev–Trinajstić information content (AvgIpc) is 2.60. The summed E-state index contributed by atoms with van der Waals surface area (Å²) >= 11 is 0. The van der Waals surface area contributed by atoms with Crippen molar-refractivity contribution in [1.82, 2.24) is 10.2 Å². The van der Waals surface area contributed by atoms with E-state index in [1.807, 2.05) is 0 Å². The zero-order chi connectivity index (χ0) is 11.5. The summed E-state index contributed by atoms with van der Waals surface area (Å²) in [7, 11) is 0. The molecule has 6 nitrogen and oxygen atoms in total. The van der Waals surface area contributed by atoms with Crippen LogP contribution in [0.3, 0.4) is 0 Å². The number of nitrogens with one attached hydrogen (secondary N) is 1. The Bertz CT molecular complexity index is 307. The van der Waals surface area contributed by atoms with Gasteiger partial charge in [-0.2, -0.15) is 4.90 Å². The van der Waals surface area contributed by atoms with Crippen molar-refractivity contribution in [3.05, 3.63) is 0 Å². The molecule has 16 heavy (non-hydrogen) atoms.